The smallest absolute Gasteiger partial charge is 0.274 e. The van der Waals surface area contributed by atoms with Crippen LogP contribution >= 0.6 is 11.6 Å². The summed E-state index contributed by atoms with van der Waals surface area (Å²) in [5.74, 6) is -0.924. The van der Waals surface area contributed by atoms with E-state index in [1.165, 1.54) is 36.2 Å². The van der Waals surface area contributed by atoms with E-state index in [1.807, 2.05) is 0 Å². The lowest BCUT2D eigenvalue weighted by atomic mass is 10.2. The number of nitrogens with zero attached hydrogens (tertiary/aromatic N) is 2. The Morgan fingerprint density at radius 3 is 2.75 bits per heavy atom. The first-order valence-electron chi connectivity index (χ1n) is 5.73. The Morgan fingerprint density at radius 1 is 1.40 bits per heavy atom. The highest BCUT2D eigenvalue weighted by Crippen LogP contribution is 2.20. The zero-order chi connectivity index (χ0) is 14.7. The first-order chi connectivity index (χ1) is 9.49. The minimum atomic E-state index is -0.480. The van der Waals surface area contributed by atoms with Gasteiger partial charge in [0.05, 0.1) is 6.54 Å². The van der Waals surface area contributed by atoms with Gasteiger partial charge in [-0.1, -0.05) is 17.7 Å². The van der Waals surface area contributed by atoms with Crippen LogP contribution in [-0.4, -0.2) is 28.1 Å². The predicted molar refractivity (Wildman–Crippen MR) is 72.1 cm³/mol. The van der Waals surface area contributed by atoms with Crippen molar-refractivity contribution >= 4 is 17.5 Å². The molecule has 0 aliphatic carbocycles. The predicted octanol–water partition coefficient (Wildman–Crippen LogP) is 1.83. The van der Waals surface area contributed by atoms with E-state index in [2.05, 4.69) is 10.2 Å². The van der Waals surface area contributed by atoms with Crippen LogP contribution in [0.4, 0.5) is 4.39 Å². The molecular formula is C13H11ClFN3O2. The van der Waals surface area contributed by atoms with Gasteiger partial charge in [0.15, 0.2) is 0 Å². The molecule has 0 saturated carbocycles. The van der Waals surface area contributed by atoms with Crippen molar-refractivity contribution in [3.05, 3.63) is 62.8 Å². The molecule has 7 heteroatoms. The molecule has 2 aromatic rings. The summed E-state index contributed by atoms with van der Waals surface area (Å²) in [6.45, 7) is 0.00511. The van der Waals surface area contributed by atoms with E-state index in [1.54, 1.807) is 6.07 Å². The number of aromatic amines is 1. The van der Waals surface area contributed by atoms with Crippen LogP contribution in [0.3, 0.4) is 0 Å². The molecule has 0 aliphatic rings. The quantitative estimate of drug-likeness (QED) is 0.939. The van der Waals surface area contributed by atoms with Crippen LogP contribution < -0.4 is 5.56 Å². The number of halogens is 2. The molecule has 104 valence electrons. The summed E-state index contributed by atoms with van der Waals surface area (Å²) in [6, 6.07) is 6.82. The third-order valence-corrected chi connectivity index (χ3v) is 3.06. The Kier molecular flexibility index (Phi) is 4.14. The molecule has 0 bridgehead atoms. The van der Waals surface area contributed by atoms with Gasteiger partial charge in [-0.3, -0.25) is 9.59 Å². The average Bonchev–Trinajstić information content (AvgIpc) is 2.43. The van der Waals surface area contributed by atoms with E-state index in [4.69, 9.17) is 11.6 Å². The Hall–Kier alpha value is -2.21. The highest BCUT2D eigenvalue weighted by Gasteiger charge is 2.16. The largest absolute Gasteiger partial charge is 0.336 e. The summed E-state index contributed by atoms with van der Waals surface area (Å²) in [4.78, 5) is 24.2. The minimum Gasteiger partial charge on any atom is -0.336 e. The second kappa shape index (κ2) is 5.83. The molecule has 0 aliphatic heterocycles. The molecule has 20 heavy (non-hydrogen) atoms. The summed E-state index contributed by atoms with van der Waals surface area (Å²) in [6.07, 6.45) is 0. The maximum Gasteiger partial charge on any atom is 0.274 e. The number of H-pyrrole nitrogens is 1. The lowest BCUT2D eigenvalue weighted by molar-refractivity contribution is 0.0777. The van der Waals surface area contributed by atoms with Gasteiger partial charge in [-0.2, -0.15) is 5.10 Å². The molecule has 1 N–H and O–H groups in total. The van der Waals surface area contributed by atoms with Gasteiger partial charge in [0.1, 0.15) is 11.5 Å². The molecule has 0 fully saturated rings. The Bertz CT molecular complexity index is 662. The normalized spacial score (nSPS) is 10.3. The van der Waals surface area contributed by atoms with Crippen LogP contribution in [0.25, 0.3) is 0 Å². The first-order valence-corrected chi connectivity index (χ1v) is 6.11. The number of benzene rings is 1. The van der Waals surface area contributed by atoms with Crippen LogP contribution in [0.5, 0.6) is 0 Å². The number of hydrogen-bond acceptors (Lipinski definition) is 3. The lowest BCUT2D eigenvalue weighted by Crippen LogP contribution is -2.28. The van der Waals surface area contributed by atoms with E-state index < -0.39 is 17.3 Å². The van der Waals surface area contributed by atoms with Gasteiger partial charge >= 0.3 is 0 Å². The maximum absolute atomic E-state index is 13.6. The number of hydrogen-bond donors (Lipinski definition) is 1. The molecular weight excluding hydrogens is 285 g/mol. The fourth-order valence-corrected chi connectivity index (χ4v) is 1.87. The van der Waals surface area contributed by atoms with Crippen molar-refractivity contribution in [2.24, 2.45) is 0 Å². The third-order valence-electron chi connectivity index (χ3n) is 2.70. The Morgan fingerprint density at radius 2 is 2.15 bits per heavy atom. The Balaban J connectivity index is 2.19. The van der Waals surface area contributed by atoms with E-state index in [9.17, 15) is 14.0 Å². The van der Waals surface area contributed by atoms with Crippen LogP contribution in [-0.2, 0) is 6.54 Å². The number of aromatic nitrogens is 2. The van der Waals surface area contributed by atoms with Crippen molar-refractivity contribution in [2.75, 3.05) is 7.05 Å². The van der Waals surface area contributed by atoms with Crippen molar-refractivity contribution in [2.45, 2.75) is 6.54 Å². The Labute approximate surface area is 119 Å². The van der Waals surface area contributed by atoms with Gasteiger partial charge in [0.2, 0.25) is 0 Å². The summed E-state index contributed by atoms with van der Waals surface area (Å²) in [5.41, 5.74) is -0.102. The molecule has 0 atom stereocenters. The summed E-state index contributed by atoms with van der Waals surface area (Å²) < 4.78 is 13.6. The molecule has 1 aromatic carbocycles. The monoisotopic (exact) mass is 295 g/mol. The maximum atomic E-state index is 13.6. The number of carbonyl (C=O) groups excluding carboxylic acids is 1. The molecule has 1 aromatic heterocycles. The molecule has 2 rings (SSSR count). The fraction of sp³-hybridized carbons (Fsp3) is 0.154. The van der Waals surface area contributed by atoms with Crippen molar-refractivity contribution in [3.63, 3.8) is 0 Å². The number of amides is 1. The van der Waals surface area contributed by atoms with E-state index in [0.717, 1.165) is 0 Å². The summed E-state index contributed by atoms with van der Waals surface area (Å²) in [7, 11) is 1.50. The first kappa shape index (κ1) is 14.2. The molecule has 1 amide bonds. The van der Waals surface area contributed by atoms with Crippen LogP contribution in [0.1, 0.15) is 16.1 Å². The van der Waals surface area contributed by atoms with Crippen LogP contribution in [0.15, 0.2) is 35.1 Å². The molecule has 5 nitrogen and oxygen atoms in total. The van der Waals surface area contributed by atoms with Crippen LogP contribution in [0.2, 0.25) is 5.02 Å². The molecule has 0 radical (unpaired) electrons. The SMILES string of the molecule is CN(Cc1c(F)cccc1Cl)C(=O)c1ccc(=O)[nH]n1. The van der Waals surface area contributed by atoms with E-state index >= 15 is 0 Å². The van der Waals surface area contributed by atoms with Gasteiger partial charge in [0.25, 0.3) is 11.5 Å². The zero-order valence-corrected chi connectivity index (χ0v) is 11.3. The molecule has 1 heterocycles. The molecule has 0 saturated heterocycles. The van der Waals surface area contributed by atoms with Gasteiger partial charge in [-0.25, -0.2) is 9.49 Å². The van der Waals surface area contributed by atoms with Gasteiger partial charge in [-0.15, -0.1) is 0 Å². The standard InChI is InChI=1S/C13H11ClFN3O2/c1-18(7-8-9(14)3-2-4-10(8)15)13(20)11-5-6-12(19)17-16-11/h2-6H,7H2,1H3,(H,17,19). The minimum absolute atomic E-state index is 0.00511. The number of rotatable bonds is 3. The second-order valence-corrected chi connectivity index (χ2v) is 4.58. The zero-order valence-electron chi connectivity index (χ0n) is 10.6. The van der Waals surface area contributed by atoms with Gasteiger partial charge in [-0.05, 0) is 18.2 Å². The van der Waals surface area contributed by atoms with Gasteiger partial charge < -0.3 is 4.90 Å². The van der Waals surface area contributed by atoms with E-state index in [-0.39, 0.29) is 22.8 Å². The number of nitrogens with one attached hydrogen (secondary N) is 1. The molecule has 0 unspecified atom stereocenters. The van der Waals surface area contributed by atoms with Gasteiger partial charge in [0, 0.05) is 23.7 Å². The molecule has 0 spiro atoms. The summed E-state index contributed by atoms with van der Waals surface area (Å²) >= 11 is 5.90. The lowest BCUT2D eigenvalue weighted by Gasteiger charge is -2.17. The highest BCUT2D eigenvalue weighted by molar-refractivity contribution is 6.31. The fourth-order valence-electron chi connectivity index (χ4n) is 1.65. The van der Waals surface area contributed by atoms with Crippen LogP contribution in [0, 0.1) is 5.82 Å². The van der Waals surface area contributed by atoms with Crippen molar-refractivity contribution in [1.29, 1.82) is 0 Å². The topological polar surface area (TPSA) is 66.1 Å². The van der Waals surface area contributed by atoms with Crippen molar-refractivity contribution in [1.82, 2.24) is 15.1 Å². The third kappa shape index (κ3) is 3.03. The summed E-state index contributed by atoms with van der Waals surface area (Å²) in [5, 5.41) is 6.05. The van der Waals surface area contributed by atoms with E-state index in [0.29, 0.717) is 0 Å². The second-order valence-electron chi connectivity index (χ2n) is 4.17. The van der Waals surface area contributed by atoms with Crippen molar-refractivity contribution < 1.29 is 9.18 Å². The average molecular weight is 296 g/mol. The highest BCUT2D eigenvalue weighted by atomic mass is 35.5. The van der Waals surface area contributed by atoms with Crippen molar-refractivity contribution in [3.8, 4) is 0 Å². The number of carbonyl (C=O) groups is 1.